The molecule has 5 rings (SSSR count). The van der Waals surface area contributed by atoms with Gasteiger partial charge >= 0.3 is 0 Å². The fourth-order valence-electron chi connectivity index (χ4n) is 5.26. The van der Waals surface area contributed by atoms with Crippen molar-refractivity contribution < 1.29 is 9.50 Å². The van der Waals surface area contributed by atoms with Crippen LogP contribution in [-0.4, -0.2) is 10.7 Å². The van der Waals surface area contributed by atoms with Gasteiger partial charge in [0.2, 0.25) is 0 Å². The number of hydrogen-bond donors (Lipinski definition) is 1. The number of hydrogen-bond acceptors (Lipinski definition) is 1. The van der Waals surface area contributed by atoms with Gasteiger partial charge in [-0.15, -0.1) is 0 Å². The van der Waals surface area contributed by atoms with Crippen molar-refractivity contribution in [3.05, 3.63) is 35.6 Å². The Bertz CT molecular complexity index is 468. The Morgan fingerprint density at radius 3 is 2.26 bits per heavy atom. The summed E-state index contributed by atoms with van der Waals surface area (Å²) in [6, 6.07) is 6.77. The molecule has 1 aromatic carbocycles. The molecule has 1 aromatic rings. The van der Waals surface area contributed by atoms with Crippen molar-refractivity contribution in [2.45, 2.75) is 44.1 Å². The first-order valence-electron chi connectivity index (χ1n) is 7.60. The summed E-state index contributed by atoms with van der Waals surface area (Å²) in [6.07, 6.45) is 6.80. The predicted molar refractivity (Wildman–Crippen MR) is 72.1 cm³/mol. The molecule has 0 amide bonds. The minimum absolute atomic E-state index is 0.190. The fourth-order valence-corrected chi connectivity index (χ4v) is 5.26. The Balaban J connectivity index is 1.63. The highest BCUT2D eigenvalue weighted by Gasteiger charge is 2.56. The first-order chi connectivity index (χ1) is 9.13. The normalized spacial score (nSPS) is 43.7. The number of aliphatic hydroxyl groups is 1. The lowest BCUT2D eigenvalue weighted by molar-refractivity contribution is -0.171. The van der Waals surface area contributed by atoms with E-state index in [1.807, 2.05) is 6.07 Å². The molecule has 0 radical (unpaired) electrons. The summed E-state index contributed by atoms with van der Waals surface area (Å²) in [5.41, 5.74) is 0.385. The van der Waals surface area contributed by atoms with E-state index in [0.717, 1.165) is 17.4 Å². The fraction of sp³-hybridized carbons (Fsp3) is 0.647. The maximum atomic E-state index is 13.3. The number of halogens is 1. The zero-order valence-electron chi connectivity index (χ0n) is 11.2. The van der Waals surface area contributed by atoms with Crippen LogP contribution in [0.5, 0.6) is 0 Å². The average Bonchev–Trinajstić information content (AvgIpc) is 2.35. The standard InChI is InChI=1S/C17H21FO/c18-16-3-1-2-11(9-16)10-17(19)14-5-12-4-13(7-14)8-15(17)6-12/h1-3,9,12-15,19H,4-8,10H2. The second kappa shape index (κ2) is 4.05. The Morgan fingerprint density at radius 2 is 1.68 bits per heavy atom. The molecule has 0 spiro atoms. The van der Waals surface area contributed by atoms with E-state index in [-0.39, 0.29) is 5.82 Å². The van der Waals surface area contributed by atoms with Gasteiger partial charge in [-0.25, -0.2) is 4.39 Å². The van der Waals surface area contributed by atoms with Crippen molar-refractivity contribution in [3.8, 4) is 0 Å². The second-order valence-corrected chi connectivity index (χ2v) is 7.10. The molecule has 0 aromatic heterocycles. The van der Waals surface area contributed by atoms with Gasteiger partial charge in [-0.3, -0.25) is 0 Å². The van der Waals surface area contributed by atoms with Crippen molar-refractivity contribution in [1.82, 2.24) is 0 Å². The van der Waals surface area contributed by atoms with Crippen molar-refractivity contribution in [2.24, 2.45) is 23.7 Å². The summed E-state index contributed by atoms with van der Waals surface area (Å²) >= 11 is 0. The van der Waals surface area contributed by atoms with E-state index in [4.69, 9.17) is 0 Å². The molecule has 0 saturated heterocycles. The van der Waals surface area contributed by atoms with Crippen LogP contribution in [0.2, 0.25) is 0 Å². The lowest BCUT2D eigenvalue weighted by Gasteiger charge is -2.59. The van der Waals surface area contributed by atoms with Crippen LogP contribution in [0.4, 0.5) is 4.39 Å². The summed E-state index contributed by atoms with van der Waals surface area (Å²) in [5, 5.41) is 11.2. The maximum absolute atomic E-state index is 13.3. The van der Waals surface area contributed by atoms with Crippen molar-refractivity contribution in [1.29, 1.82) is 0 Å². The molecule has 0 heterocycles. The van der Waals surface area contributed by atoms with Crippen molar-refractivity contribution in [2.75, 3.05) is 0 Å². The zero-order valence-corrected chi connectivity index (χ0v) is 11.2. The lowest BCUT2D eigenvalue weighted by Crippen LogP contribution is -2.58. The van der Waals surface area contributed by atoms with Crippen LogP contribution in [0, 0.1) is 29.5 Å². The van der Waals surface area contributed by atoms with Gasteiger partial charge in [0.05, 0.1) is 5.60 Å². The van der Waals surface area contributed by atoms with Crippen molar-refractivity contribution in [3.63, 3.8) is 0 Å². The first-order valence-corrected chi connectivity index (χ1v) is 7.60. The molecule has 0 aliphatic heterocycles. The molecular formula is C17H21FO. The maximum Gasteiger partial charge on any atom is 0.123 e. The quantitative estimate of drug-likeness (QED) is 0.862. The second-order valence-electron chi connectivity index (χ2n) is 7.10. The van der Waals surface area contributed by atoms with Crippen LogP contribution in [-0.2, 0) is 6.42 Å². The van der Waals surface area contributed by atoms with E-state index < -0.39 is 5.60 Å². The topological polar surface area (TPSA) is 20.2 Å². The molecule has 1 nitrogen and oxygen atoms in total. The molecule has 2 heteroatoms. The monoisotopic (exact) mass is 260 g/mol. The van der Waals surface area contributed by atoms with Gasteiger partial charge in [-0.2, -0.15) is 0 Å². The van der Waals surface area contributed by atoms with Crippen LogP contribution >= 0.6 is 0 Å². The third kappa shape index (κ3) is 1.84. The van der Waals surface area contributed by atoms with Crippen molar-refractivity contribution >= 4 is 0 Å². The van der Waals surface area contributed by atoms with Crippen LogP contribution in [0.25, 0.3) is 0 Å². The predicted octanol–water partition coefficient (Wildman–Crippen LogP) is 3.56. The first kappa shape index (κ1) is 11.9. The van der Waals surface area contributed by atoms with Gasteiger partial charge in [-0.05, 0) is 73.5 Å². The average molecular weight is 260 g/mol. The molecule has 4 aliphatic rings. The summed E-state index contributed by atoms with van der Waals surface area (Å²) in [7, 11) is 0. The summed E-state index contributed by atoms with van der Waals surface area (Å²) in [5.74, 6) is 2.43. The largest absolute Gasteiger partial charge is 0.389 e. The van der Waals surface area contributed by atoms with Crippen LogP contribution in [0.1, 0.15) is 37.7 Å². The molecular weight excluding hydrogens is 239 g/mol. The minimum Gasteiger partial charge on any atom is -0.389 e. The Morgan fingerprint density at radius 1 is 1.05 bits per heavy atom. The van der Waals surface area contributed by atoms with Gasteiger partial charge in [-0.1, -0.05) is 12.1 Å². The van der Waals surface area contributed by atoms with E-state index in [0.29, 0.717) is 18.3 Å². The Hall–Kier alpha value is -0.890. The summed E-state index contributed by atoms with van der Waals surface area (Å²) in [4.78, 5) is 0. The zero-order chi connectivity index (χ0) is 13.0. The van der Waals surface area contributed by atoms with E-state index in [1.54, 1.807) is 12.1 Å². The number of benzene rings is 1. The molecule has 19 heavy (non-hydrogen) atoms. The highest BCUT2D eigenvalue weighted by molar-refractivity contribution is 5.21. The minimum atomic E-state index is -0.568. The van der Waals surface area contributed by atoms with E-state index >= 15 is 0 Å². The van der Waals surface area contributed by atoms with Gasteiger partial charge < -0.3 is 5.11 Å². The Kier molecular flexibility index (Phi) is 2.54. The van der Waals surface area contributed by atoms with Gasteiger partial charge in [0.15, 0.2) is 0 Å². The van der Waals surface area contributed by atoms with Gasteiger partial charge in [0, 0.05) is 6.42 Å². The van der Waals surface area contributed by atoms with E-state index in [2.05, 4.69) is 0 Å². The lowest BCUT2D eigenvalue weighted by atomic mass is 9.49. The van der Waals surface area contributed by atoms with E-state index in [9.17, 15) is 9.50 Å². The van der Waals surface area contributed by atoms with Gasteiger partial charge in [0.1, 0.15) is 5.82 Å². The highest BCUT2D eigenvalue weighted by Crippen LogP contribution is 2.59. The molecule has 1 N–H and O–H groups in total. The molecule has 0 unspecified atom stereocenters. The smallest absolute Gasteiger partial charge is 0.123 e. The van der Waals surface area contributed by atoms with Gasteiger partial charge in [0.25, 0.3) is 0 Å². The van der Waals surface area contributed by atoms with Crippen LogP contribution in [0.3, 0.4) is 0 Å². The molecule has 4 fully saturated rings. The summed E-state index contributed by atoms with van der Waals surface area (Å²) < 4.78 is 13.3. The van der Waals surface area contributed by atoms with Crippen LogP contribution < -0.4 is 0 Å². The SMILES string of the molecule is OC1(Cc2cccc(F)c2)C2CC3CC(C2)CC1C3. The molecule has 102 valence electrons. The Labute approximate surface area is 113 Å². The third-order valence-corrected chi connectivity index (χ3v) is 5.93. The van der Waals surface area contributed by atoms with E-state index in [1.165, 1.54) is 38.2 Å². The third-order valence-electron chi connectivity index (χ3n) is 5.93. The highest BCUT2D eigenvalue weighted by atomic mass is 19.1. The molecule has 0 atom stereocenters. The molecule has 4 aliphatic carbocycles. The molecule has 4 bridgehead atoms. The van der Waals surface area contributed by atoms with Crippen LogP contribution in [0.15, 0.2) is 24.3 Å². The summed E-state index contributed by atoms with van der Waals surface area (Å²) in [6.45, 7) is 0. The number of rotatable bonds is 2. The molecule has 4 saturated carbocycles.